The van der Waals surface area contributed by atoms with Crippen molar-refractivity contribution in [3.05, 3.63) is 77.2 Å². The van der Waals surface area contributed by atoms with Crippen LogP contribution in [0.2, 0.25) is 5.02 Å². The molecule has 0 N–H and O–H groups in total. The first-order valence-electron chi connectivity index (χ1n) is 9.54. The maximum absolute atomic E-state index is 12.8. The van der Waals surface area contributed by atoms with Gasteiger partial charge in [-0.05, 0) is 55.3 Å². The fourth-order valence-corrected chi connectivity index (χ4v) is 3.92. The molecule has 6 heteroatoms. The van der Waals surface area contributed by atoms with Gasteiger partial charge in [-0.3, -0.25) is 14.7 Å². The zero-order valence-electron chi connectivity index (χ0n) is 15.8. The number of nitrogens with zero attached hydrogens (tertiary/aromatic N) is 4. The molecule has 1 unspecified atom stereocenters. The largest absolute Gasteiger partial charge is 0.347 e. The first kappa shape index (κ1) is 18.8. The van der Waals surface area contributed by atoms with Gasteiger partial charge in [-0.1, -0.05) is 11.6 Å². The van der Waals surface area contributed by atoms with Crippen molar-refractivity contribution in [3.8, 4) is 0 Å². The standard InChI is InChI=1S/C22H23ClN4O/c1-26-13-10-20(16-6-11-24-12-7-16)25-22(26)27-14-8-18(9-15-27)21(28)17-2-4-19(23)5-3-17/h2-7,10-13,18,22H,8-9,14-15H2,1H3. The monoisotopic (exact) mass is 394 g/mol. The van der Waals surface area contributed by atoms with Crippen molar-refractivity contribution in [1.82, 2.24) is 14.8 Å². The Morgan fingerprint density at radius 3 is 2.43 bits per heavy atom. The van der Waals surface area contributed by atoms with Gasteiger partial charge in [0.2, 0.25) is 0 Å². The lowest BCUT2D eigenvalue weighted by atomic mass is 9.89. The second-order valence-corrected chi connectivity index (χ2v) is 7.70. The molecule has 1 atom stereocenters. The lowest BCUT2D eigenvalue weighted by Crippen LogP contribution is -2.49. The van der Waals surface area contributed by atoms with Crippen LogP contribution in [0.1, 0.15) is 28.8 Å². The molecule has 28 heavy (non-hydrogen) atoms. The van der Waals surface area contributed by atoms with E-state index in [0.717, 1.165) is 42.8 Å². The first-order chi connectivity index (χ1) is 13.6. The van der Waals surface area contributed by atoms with Crippen LogP contribution in [0, 0.1) is 5.92 Å². The molecule has 0 saturated carbocycles. The molecule has 0 radical (unpaired) electrons. The number of hydrogen-bond donors (Lipinski definition) is 0. The van der Waals surface area contributed by atoms with Gasteiger partial charge in [0.05, 0.1) is 5.71 Å². The predicted octanol–water partition coefficient (Wildman–Crippen LogP) is 3.86. The summed E-state index contributed by atoms with van der Waals surface area (Å²) in [6.07, 6.45) is 9.31. The minimum Gasteiger partial charge on any atom is -0.347 e. The van der Waals surface area contributed by atoms with E-state index in [0.29, 0.717) is 5.02 Å². The van der Waals surface area contributed by atoms with Crippen LogP contribution in [-0.2, 0) is 0 Å². The normalized spacial score (nSPS) is 20.9. The molecular formula is C22H23ClN4O. The van der Waals surface area contributed by atoms with Crippen molar-refractivity contribution in [2.75, 3.05) is 20.1 Å². The second-order valence-electron chi connectivity index (χ2n) is 7.26. The Balaban J connectivity index is 1.43. The zero-order valence-corrected chi connectivity index (χ0v) is 16.6. The molecule has 3 heterocycles. The fourth-order valence-electron chi connectivity index (χ4n) is 3.80. The van der Waals surface area contributed by atoms with Crippen LogP contribution >= 0.6 is 11.6 Å². The Labute approximate surface area is 170 Å². The van der Waals surface area contributed by atoms with Crippen LogP contribution in [0.3, 0.4) is 0 Å². The molecule has 1 aromatic carbocycles. The highest BCUT2D eigenvalue weighted by Crippen LogP contribution is 2.26. The van der Waals surface area contributed by atoms with Gasteiger partial charge in [0.15, 0.2) is 12.1 Å². The van der Waals surface area contributed by atoms with Gasteiger partial charge in [0.25, 0.3) is 0 Å². The Morgan fingerprint density at radius 2 is 1.75 bits per heavy atom. The molecule has 144 valence electrons. The molecule has 2 aromatic rings. The topological polar surface area (TPSA) is 48.8 Å². The molecular weight excluding hydrogens is 372 g/mol. The van der Waals surface area contributed by atoms with Crippen molar-refractivity contribution in [3.63, 3.8) is 0 Å². The molecule has 2 aliphatic rings. The highest BCUT2D eigenvalue weighted by Gasteiger charge is 2.31. The summed E-state index contributed by atoms with van der Waals surface area (Å²) in [4.78, 5) is 26.3. The maximum atomic E-state index is 12.8. The van der Waals surface area contributed by atoms with E-state index >= 15 is 0 Å². The molecule has 0 spiro atoms. The number of allylic oxidation sites excluding steroid dienone is 1. The van der Waals surface area contributed by atoms with Crippen LogP contribution < -0.4 is 0 Å². The number of carbonyl (C=O) groups excluding carboxylic acids is 1. The number of aromatic nitrogens is 1. The van der Waals surface area contributed by atoms with E-state index < -0.39 is 0 Å². The second kappa shape index (κ2) is 8.25. The van der Waals surface area contributed by atoms with Gasteiger partial charge in [-0.25, -0.2) is 4.99 Å². The lowest BCUT2D eigenvalue weighted by molar-refractivity contribution is 0.0550. The van der Waals surface area contributed by atoms with Crippen LogP contribution in [0.25, 0.3) is 0 Å². The van der Waals surface area contributed by atoms with E-state index in [2.05, 4.69) is 21.0 Å². The molecule has 1 fully saturated rings. The van der Waals surface area contributed by atoms with Crippen molar-refractivity contribution in [2.45, 2.75) is 19.1 Å². The Kier molecular flexibility index (Phi) is 5.55. The zero-order chi connectivity index (χ0) is 19.5. The number of benzene rings is 1. The van der Waals surface area contributed by atoms with Gasteiger partial charge < -0.3 is 4.90 Å². The summed E-state index contributed by atoms with van der Waals surface area (Å²) in [5.41, 5.74) is 2.78. The third-order valence-corrected chi connectivity index (χ3v) is 5.67. The van der Waals surface area contributed by atoms with E-state index in [-0.39, 0.29) is 18.0 Å². The van der Waals surface area contributed by atoms with E-state index in [1.807, 2.05) is 37.4 Å². The van der Waals surface area contributed by atoms with E-state index in [4.69, 9.17) is 16.6 Å². The van der Waals surface area contributed by atoms with Crippen molar-refractivity contribution in [1.29, 1.82) is 0 Å². The summed E-state index contributed by atoms with van der Waals surface area (Å²) in [5.74, 6) is 0.277. The third kappa shape index (κ3) is 4.01. The fraction of sp³-hybridized carbons (Fsp3) is 0.318. The average molecular weight is 395 g/mol. The number of hydrogen-bond acceptors (Lipinski definition) is 5. The Morgan fingerprint density at radius 1 is 1.07 bits per heavy atom. The molecule has 0 amide bonds. The van der Waals surface area contributed by atoms with E-state index in [1.54, 1.807) is 24.5 Å². The van der Waals surface area contributed by atoms with Gasteiger partial charge in [0.1, 0.15) is 0 Å². The van der Waals surface area contributed by atoms with Gasteiger partial charge in [0, 0.05) is 60.8 Å². The van der Waals surface area contributed by atoms with Crippen LogP contribution in [0.4, 0.5) is 0 Å². The number of Topliss-reactive ketones (excluding diaryl/α,β-unsaturated/α-hetero) is 1. The number of ketones is 1. The number of aliphatic imine (C=N–C) groups is 1. The summed E-state index contributed by atoms with van der Waals surface area (Å²) in [6.45, 7) is 1.69. The highest BCUT2D eigenvalue weighted by molar-refractivity contribution is 6.30. The summed E-state index contributed by atoms with van der Waals surface area (Å²) in [6, 6.07) is 11.2. The first-order valence-corrected chi connectivity index (χ1v) is 9.92. The molecule has 0 bridgehead atoms. The number of pyridine rings is 1. The van der Waals surface area contributed by atoms with Gasteiger partial charge in [-0.2, -0.15) is 0 Å². The summed E-state index contributed by atoms with van der Waals surface area (Å²) >= 11 is 5.93. The van der Waals surface area contributed by atoms with E-state index in [1.165, 1.54) is 0 Å². The van der Waals surface area contributed by atoms with Crippen LogP contribution in [-0.4, -0.2) is 52.7 Å². The van der Waals surface area contributed by atoms with Crippen molar-refractivity contribution < 1.29 is 4.79 Å². The Bertz CT molecular complexity index is 887. The van der Waals surface area contributed by atoms with Crippen molar-refractivity contribution >= 4 is 23.1 Å². The molecule has 2 aliphatic heterocycles. The SMILES string of the molecule is CN1C=CC(c2ccncc2)=NC1N1CCC(C(=O)c2ccc(Cl)cc2)CC1. The van der Waals surface area contributed by atoms with Gasteiger partial charge >= 0.3 is 0 Å². The minimum absolute atomic E-state index is 0.0419. The number of likely N-dealkylation sites (tertiary alicyclic amines) is 1. The number of rotatable bonds is 4. The summed E-state index contributed by atoms with van der Waals surface area (Å²) < 4.78 is 0. The third-order valence-electron chi connectivity index (χ3n) is 5.42. The predicted molar refractivity (Wildman–Crippen MR) is 112 cm³/mol. The molecule has 5 nitrogen and oxygen atoms in total. The van der Waals surface area contributed by atoms with Gasteiger partial charge in [-0.15, -0.1) is 0 Å². The molecule has 4 rings (SSSR count). The van der Waals surface area contributed by atoms with Crippen molar-refractivity contribution in [2.24, 2.45) is 10.9 Å². The molecule has 1 aromatic heterocycles. The van der Waals surface area contributed by atoms with Crippen LogP contribution in [0.5, 0.6) is 0 Å². The molecule has 1 saturated heterocycles. The highest BCUT2D eigenvalue weighted by atomic mass is 35.5. The molecule has 0 aliphatic carbocycles. The minimum atomic E-state index is -0.0419. The van der Waals surface area contributed by atoms with E-state index in [9.17, 15) is 4.79 Å². The quantitative estimate of drug-likeness (QED) is 0.739. The average Bonchev–Trinajstić information content (AvgIpc) is 2.75. The Hall–Kier alpha value is -2.50. The smallest absolute Gasteiger partial charge is 0.178 e. The number of piperidine rings is 1. The number of halogens is 1. The summed E-state index contributed by atoms with van der Waals surface area (Å²) in [7, 11) is 2.04. The summed E-state index contributed by atoms with van der Waals surface area (Å²) in [5, 5.41) is 0.655. The lowest BCUT2D eigenvalue weighted by Gasteiger charge is -2.40. The van der Waals surface area contributed by atoms with Crippen LogP contribution in [0.15, 0.2) is 66.1 Å². The maximum Gasteiger partial charge on any atom is 0.178 e. The number of carbonyl (C=O) groups is 1.